The lowest BCUT2D eigenvalue weighted by atomic mass is 10.1. The summed E-state index contributed by atoms with van der Waals surface area (Å²) in [6.45, 7) is 1.48. The van der Waals surface area contributed by atoms with Gasteiger partial charge in [0, 0.05) is 0 Å². The molecule has 0 aliphatic carbocycles. The summed E-state index contributed by atoms with van der Waals surface area (Å²) >= 11 is 0. The van der Waals surface area contributed by atoms with Crippen molar-refractivity contribution in [3.05, 3.63) is 29.8 Å². The monoisotopic (exact) mass is 288 g/mol. The molecular weight excluding hydrogens is 275 g/mol. The molecule has 104 valence electrons. The van der Waals surface area contributed by atoms with Crippen LogP contribution in [-0.2, 0) is 14.6 Å². The molecule has 0 radical (unpaired) electrons. The van der Waals surface area contributed by atoms with E-state index in [1.54, 1.807) is 0 Å². The lowest BCUT2D eigenvalue weighted by Gasteiger charge is -2.33. The molecule has 3 atom stereocenters. The number of sulfone groups is 1. The summed E-state index contributed by atoms with van der Waals surface area (Å²) in [7, 11) is -3.54. The number of halogens is 1. The summed E-state index contributed by atoms with van der Waals surface area (Å²) < 4.78 is 36.7. The number of carboxylic acid groups (broad SMARTS) is 1. The van der Waals surface area contributed by atoms with Crippen LogP contribution < -0.4 is 5.32 Å². The molecule has 2 N–H and O–H groups in total. The van der Waals surface area contributed by atoms with Crippen molar-refractivity contribution in [3.8, 4) is 0 Å². The fraction of sp³-hybridized carbons (Fsp3) is 0.455. The molecule has 8 heteroatoms. The second-order valence-corrected chi connectivity index (χ2v) is 6.87. The van der Waals surface area contributed by atoms with Crippen molar-refractivity contribution in [2.24, 2.45) is 0 Å². The highest BCUT2D eigenvalue weighted by atomic mass is 32.2. The molecule has 19 heavy (non-hydrogen) atoms. The second kappa shape index (κ2) is 4.86. The van der Waals surface area contributed by atoms with Gasteiger partial charge in [0.2, 0.25) is 0 Å². The van der Waals surface area contributed by atoms with Gasteiger partial charge < -0.3 is 5.11 Å². The quantitative estimate of drug-likeness (QED) is 0.802. The maximum absolute atomic E-state index is 12.8. The highest BCUT2D eigenvalue weighted by molar-refractivity contribution is 7.92. The average Bonchev–Trinajstić information content (AvgIpc) is 2.33. The van der Waals surface area contributed by atoms with E-state index in [-0.39, 0.29) is 0 Å². The minimum Gasteiger partial charge on any atom is -0.480 e. The Morgan fingerprint density at radius 2 is 2.21 bits per heavy atom. The van der Waals surface area contributed by atoms with Crippen LogP contribution in [0.2, 0.25) is 0 Å². The molecule has 6 nitrogen and oxygen atoms in total. The number of nitrogens with one attached hydrogen (secondary N) is 1. The van der Waals surface area contributed by atoms with Crippen LogP contribution in [0.1, 0.15) is 18.7 Å². The van der Waals surface area contributed by atoms with Crippen molar-refractivity contribution in [1.82, 2.24) is 10.3 Å². The molecule has 2 heterocycles. The zero-order chi connectivity index (χ0) is 14.2. The number of pyridine rings is 1. The second-order valence-electron chi connectivity index (χ2n) is 4.47. The normalized spacial score (nSPS) is 29.9. The molecule has 3 unspecified atom stereocenters. The number of carbonyl (C=O) groups is 1. The number of nitrogens with zero attached hydrogens (tertiary/aromatic N) is 1. The zero-order valence-electron chi connectivity index (χ0n) is 10.1. The van der Waals surface area contributed by atoms with E-state index in [4.69, 9.17) is 5.11 Å². The average molecular weight is 288 g/mol. The van der Waals surface area contributed by atoms with E-state index in [1.807, 2.05) is 0 Å². The van der Waals surface area contributed by atoms with Crippen LogP contribution in [0.25, 0.3) is 0 Å². The highest BCUT2D eigenvalue weighted by Crippen LogP contribution is 2.26. The van der Waals surface area contributed by atoms with Crippen molar-refractivity contribution in [1.29, 1.82) is 0 Å². The Kier molecular flexibility index (Phi) is 3.55. The van der Waals surface area contributed by atoms with Gasteiger partial charge in [0.15, 0.2) is 9.84 Å². The van der Waals surface area contributed by atoms with Gasteiger partial charge in [-0.15, -0.1) is 0 Å². The molecule has 1 aromatic heterocycles. The maximum atomic E-state index is 12.8. The predicted molar refractivity (Wildman–Crippen MR) is 64.7 cm³/mol. The van der Waals surface area contributed by atoms with Gasteiger partial charge in [-0.25, -0.2) is 12.8 Å². The molecule has 1 aliphatic rings. The predicted octanol–water partition coefficient (Wildman–Crippen LogP) is 0.121. The number of hydrogen-bond acceptors (Lipinski definition) is 5. The summed E-state index contributed by atoms with van der Waals surface area (Å²) in [6, 6.07) is 0.565. The Bertz CT molecular complexity index is 587. The van der Waals surface area contributed by atoms with E-state index < -0.39 is 44.7 Å². The van der Waals surface area contributed by atoms with E-state index in [9.17, 15) is 17.6 Å². The number of aliphatic carboxylic acids is 1. The van der Waals surface area contributed by atoms with Gasteiger partial charge in [-0.05, 0) is 19.1 Å². The van der Waals surface area contributed by atoms with Gasteiger partial charge in [-0.2, -0.15) is 0 Å². The van der Waals surface area contributed by atoms with Crippen LogP contribution in [0.15, 0.2) is 18.3 Å². The van der Waals surface area contributed by atoms with Crippen molar-refractivity contribution in [3.63, 3.8) is 0 Å². The standard InChI is InChI=1S/C11H13FN2O4S/c1-6-10(8-3-2-7(12)4-13-8)14-9(11(15)16)5-19(6,17)18/h2-4,6,9-10,14H,5H2,1H3,(H,15,16). The third-order valence-electron chi connectivity index (χ3n) is 3.18. The summed E-state index contributed by atoms with van der Waals surface area (Å²) in [5.74, 6) is -2.23. The molecule has 1 saturated heterocycles. The van der Waals surface area contributed by atoms with Crippen LogP contribution in [0.5, 0.6) is 0 Å². The van der Waals surface area contributed by atoms with E-state index >= 15 is 0 Å². The van der Waals surface area contributed by atoms with Gasteiger partial charge in [0.05, 0.1) is 28.9 Å². The summed E-state index contributed by atoms with van der Waals surface area (Å²) in [6.07, 6.45) is 0.973. The van der Waals surface area contributed by atoms with Crippen molar-refractivity contribution < 1.29 is 22.7 Å². The van der Waals surface area contributed by atoms with Crippen molar-refractivity contribution in [2.75, 3.05) is 5.75 Å². The van der Waals surface area contributed by atoms with Crippen LogP contribution in [-0.4, -0.2) is 41.5 Å². The molecule has 0 amide bonds. The van der Waals surface area contributed by atoms with Crippen LogP contribution >= 0.6 is 0 Å². The Morgan fingerprint density at radius 1 is 1.53 bits per heavy atom. The Hall–Kier alpha value is -1.54. The van der Waals surface area contributed by atoms with E-state index in [0.29, 0.717) is 5.69 Å². The minimum absolute atomic E-state index is 0.309. The Morgan fingerprint density at radius 3 is 2.74 bits per heavy atom. The highest BCUT2D eigenvalue weighted by Gasteiger charge is 2.42. The van der Waals surface area contributed by atoms with E-state index in [1.165, 1.54) is 13.0 Å². The number of aromatic nitrogens is 1. The molecular formula is C11H13FN2O4S. The largest absolute Gasteiger partial charge is 0.480 e. The van der Waals surface area contributed by atoms with Crippen LogP contribution in [0.3, 0.4) is 0 Å². The number of carboxylic acids is 1. The van der Waals surface area contributed by atoms with Crippen molar-refractivity contribution in [2.45, 2.75) is 24.3 Å². The molecule has 0 spiro atoms. The first kappa shape index (κ1) is 13.9. The lowest BCUT2D eigenvalue weighted by molar-refractivity contribution is -0.139. The molecule has 0 bridgehead atoms. The molecule has 1 fully saturated rings. The lowest BCUT2D eigenvalue weighted by Crippen LogP contribution is -2.54. The molecule has 2 rings (SSSR count). The number of hydrogen-bond donors (Lipinski definition) is 2. The smallest absolute Gasteiger partial charge is 0.321 e. The molecule has 1 aliphatic heterocycles. The fourth-order valence-electron chi connectivity index (χ4n) is 2.03. The van der Waals surface area contributed by atoms with E-state index in [2.05, 4.69) is 10.3 Å². The third-order valence-corrected chi connectivity index (χ3v) is 5.39. The van der Waals surface area contributed by atoms with Crippen LogP contribution in [0, 0.1) is 5.82 Å². The van der Waals surface area contributed by atoms with Gasteiger partial charge in [0.1, 0.15) is 11.9 Å². The summed E-state index contributed by atoms with van der Waals surface area (Å²) in [5.41, 5.74) is 0.309. The first-order valence-corrected chi connectivity index (χ1v) is 7.34. The SMILES string of the molecule is CC1C(c2ccc(F)cn2)NC(C(=O)O)CS1(=O)=O. The Labute approximate surface area is 109 Å². The molecule has 1 aromatic rings. The topological polar surface area (TPSA) is 96.4 Å². The maximum Gasteiger partial charge on any atom is 0.321 e. The first-order chi connectivity index (χ1) is 8.81. The van der Waals surface area contributed by atoms with Crippen LogP contribution in [0.4, 0.5) is 4.39 Å². The fourth-order valence-corrected chi connectivity index (χ4v) is 3.67. The van der Waals surface area contributed by atoms with Crippen molar-refractivity contribution >= 4 is 15.8 Å². The molecule has 0 saturated carbocycles. The minimum atomic E-state index is -3.54. The Balaban J connectivity index is 2.37. The summed E-state index contributed by atoms with van der Waals surface area (Å²) in [5, 5.41) is 10.9. The van der Waals surface area contributed by atoms with Gasteiger partial charge >= 0.3 is 5.97 Å². The zero-order valence-corrected chi connectivity index (χ0v) is 10.9. The van der Waals surface area contributed by atoms with E-state index in [0.717, 1.165) is 12.3 Å². The number of rotatable bonds is 2. The van der Waals surface area contributed by atoms with Gasteiger partial charge in [-0.1, -0.05) is 0 Å². The molecule has 0 aromatic carbocycles. The van der Waals surface area contributed by atoms with Gasteiger partial charge in [0.25, 0.3) is 0 Å². The van der Waals surface area contributed by atoms with Gasteiger partial charge in [-0.3, -0.25) is 15.1 Å². The summed E-state index contributed by atoms with van der Waals surface area (Å²) in [4.78, 5) is 14.8. The third kappa shape index (κ3) is 2.74. The first-order valence-electron chi connectivity index (χ1n) is 5.63.